The molecule has 112 valence electrons. The number of halogens is 1. The van der Waals surface area contributed by atoms with Crippen molar-refractivity contribution in [2.75, 3.05) is 11.1 Å². The number of nitrogens with one attached hydrogen (secondary N) is 1. The summed E-state index contributed by atoms with van der Waals surface area (Å²) < 4.78 is 1.94. The minimum absolute atomic E-state index is 0.191. The van der Waals surface area contributed by atoms with E-state index in [1.807, 2.05) is 35.8 Å². The SMILES string of the molecule is CCn1c(CNc2ccccc2Cl)nnc1SCC(N)=O. The fraction of sp³-hybridized carbons (Fsp3) is 0.308. The zero-order chi connectivity index (χ0) is 15.2. The van der Waals surface area contributed by atoms with Gasteiger partial charge in [-0.3, -0.25) is 4.79 Å². The first kappa shape index (κ1) is 15.7. The first-order valence-electron chi connectivity index (χ1n) is 6.43. The number of nitrogens with zero attached hydrogens (tertiary/aromatic N) is 3. The maximum atomic E-state index is 10.8. The van der Waals surface area contributed by atoms with Crippen molar-refractivity contribution in [1.82, 2.24) is 14.8 Å². The highest BCUT2D eigenvalue weighted by atomic mass is 35.5. The van der Waals surface area contributed by atoms with Crippen LogP contribution >= 0.6 is 23.4 Å². The Hall–Kier alpha value is -1.73. The third-order valence-corrected chi connectivity index (χ3v) is 4.08. The van der Waals surface area contributed by atoms with Crippen LogP contribution in [0.25, 0.3) is 0 Å². The largest absolute Gasteiger partial charge is 0.377 e. The maximum Gasteiger partial charge on any atom is 0.227 e. The predicted octanol–water partition coefficient (Wildman–Crippen LogP) is 2.14. The van der Waals surface area contributed by atoms with Crippen molar-refractivity contribution in [1.29, 1.82) is 0 Å². The molecule has 0 atom stereocenters. The van der Waals surface area contributed by atoms with Gasteiger partial charge in [-0.1, -0.05) is 35.5 Å². The molecule has 1 heterocycles. The molecule has 1 aromatic heterocycles. The van der Waals surface area contributed by atoms with Crippen LogP contribution in [0, 0.1) is 0 Å². The molecular formula is C13H16ClN5OS. The number of para-hydroxylation sites is 1. The Morgan fingerprint density at radius 2 is 2.19 bits per heavy atom. The van der Waals surface area contributed by atoms with Crippen molar-refractivity contribution >= 4 is 35.0 Å². The minimum Gasteiger partial charge on any atom is -0.377 e. The van der Waals surface area contributed by atoms with E-state index in [2.05, 4.69) is 15.5 Å². The van der Waals surface area contributed by atoms with E-state index >= 15 is 0 Å². The summed E-state index contributed by atoms with van der Waals surface area (Å²) in [5, 5.41) is 12.8. The Morgan fingerprint density at radius 3 is 2.86 bits per heavy atom. The molecular weight excluding hydrogens is 310 g/mol. The molecule has 0 bridgehead atoms. The van der Waals surface area contributed by atoms with Gasteiger partial charge in [0.1, 0.15) is 0 Å². The number of anilines is 1. The number of hydrogen-bond acceptors (Lipinski definition) is 5. The summed E-state index contributed by atoms with van der Waals surface area (Å²) in [6, 6.07) is 7.51. The van der Waals surface area contributed by atoms with E-state index in [4.69, 9.17) is 17.3 Å². The van der Waals surface area contributed by atoms with Crippen LogP contribution in [0.5, 0.6) is 0 Å². The third kappa shape index (κ3) is 4.12. The van der Waals surface area contributed by atoms with Gasteiger partial charge in [-0.2, -0.15) is 0 Å². The van der Waals surface area contributed by atoms with Crippen molar-refractivity contribution < 1.29 is 4.79 Å². The summed E-state index contributed by atoms with van der Waals surface area (Å²) in [5.41, 5.74) is 5.99. The predicted molar refractivity (Wildman–Crippen MR) is 84.4 cm³/mol. The minimum atomic E-state index is -0.374. The second kappa shape index (κ2) is 7.33. The van der Waals surface area contributed by atoms with Crippen molar-refractivity contribution in [3.8, 4) is 0 Å². The monoisotopic (exact) mass is 325 g/mol. The lowest BCUT2D eigenvalue weighted by atomic mass is 10.3. The van der Waals surface area contributed by atoms with E-state index in [1.165, 1.54) is 11.8 Å². The molecule has 21 heavy (non-hydrogen) atoms. The van der Waals surface area contributed by atoms with E-state index < -0.39 is 0 Å². The van der Waals surface area contributed by atoms with Gasteiger partial charge < -0.3 is 15.6 Å². The quantitative estimate of drug-likeness (QED) is 0.762. The molecule has 0 aliphatic carbocycles. The molecule has 0 aliphatic rings. The summed E-state index contributed by atoms with van der Waals surface area (Å²) in [5.74, 6) is 0.599. The van der Waals surface area contributed by atoms with Gasteiger partial charge in [0, 0.05) is 6.54 Å². The standard InChI is InChI=1S/C13H16ClN5OS/c1-2-19-12(17-18-13(19)21-8-11(15)20)7-16-10-6-4-3-5-9(10)14/h3-6,16H,2,7-8H2,1H3,(H2,15,20). The van der Waals surface area contributed by atoms with Gasteiger partial charge in [0.2, 0.25) is 5.91 Å². The van der Waals surface area contributed by atoms with Crippen LogP contribution in [0.15, 0.2) is 29.4 Å². The molecule has 2 aromatic rings. The first-order valence-corrected chi connectivity index (χ1v) is 7.79. The maximum absolute atomic E-state index is 10.8. The van der Waals surface area contributed by atoms with Gasteiger partial charge in [0.25, 0.3) is 0 Å². The van der Waals surface area contributed by atoms with Crippen molar-refractivity contribution in [3.63, 3.8) is 0 Å². The van der Waals surface area contributed by atoms with E-state index in [-0.39, 0.29) is 11.7 Å². The Balaban J connectivity index is 2.06. The molecule has 6 nitrogen and oxygen atoms in total. The van der Waals surface area contributed by atoms with Crippen molar-refractivity contribution in [3.05, 3.63) is 35.1 Å². The summed E-state index contributed by atoms with van der Waals surface area (Å²) in [7, 11) is 0. The van der Waals surface area contributed by atoms with Gasteiger partial charge in [-0.05, 0) is 19.1 Å². The number of aromatic nitrogens is 3. The molecule has 2 rings (SSSR count). The smallest absolute Gasteiger partial charge is 0.227 e. The van der Waals surface area contributed by atoms with Gasteiger partial charge in [0.15, 0.2) is 11.0 Å². The van der Waals surface area contributed by atoms with Gasteiger partial charge >= 0.3 is 0 Å². The van der Waals surface area contributed by atoms with Gasteiger partial charge in [-0.25, -0.2) is 0 Å². The molecule has 8 heteroatoms. The molecule has 3 N–H and O–H groups in total. The second-order valence-corrected chi connectivity index (χ2v) is 5.58. The van der Waals surface area contributed by atoms with E-state index in [1.54, 1.807) is 0 Å². The highest BCUT2D eigenvalue weighted by Gasteiger charge is 2.12. The fourth-order valence-electron chi connectivity index (χ4n) is 1.79. The van der Waals surface area contributed by atoms with E-state index in [0.29, 0.717) is 23.3 Å². The lowest BCUT2D eigenvalue weighted by molar-refractivity contribution is -0.115. The number of primary amides is 1. The molecule has 0 unspecified atom stereocenters. The van der Waals surface area contributed by atoms with E-state index in [9.17, 15) is 4.79 Å². The number of thioether (sulfide) groups is 1. The lowest BCUT2D eigenvalue weighted by Crippen LogP contribution is -2.14. The molecule has 0 saturated carbocycles. The Bertz CT molecular complexity index is 631. The van der Waals surface area contributed by atoms with Gasteiger partial charge in [0.05, 0.1) is 23.0 Å². The fourth-order valence-corrected chi connectivity index (χ4v) is 2.75. The highest BCUT2D eigenvalue weighted by Crippen LogP contribution is 2.22. The summed E-state index contributed by atoms with van der Waals surface area (Å²) in [6.07, 6.45) is 0. The number of hydrogen-bond donors (Lipinski definition) is 2. The Morgan fingerprint density at radius 1 is 1.43 bits per heavy atom. The van der Waals surface area contributed by atoms with Crippen LogP contribution in [0.1, 0.15) is 12.7 Å². The van der Waals surface area contributed by atoms with E-state index in [0.717, 1.165) is 11.5 Å². The van der Waals surface area contributed by atoms with Crippen molar-refractivity contribution in [2.45, 2.75) is 25.2 Å². The second-order valence-electron chi connectivity index (χ2n) is 4.23. The Labute approximate surface area is 132 Å². The summed E-state index contributed by atoms with van der Waals surface area (Å²) in [6.45, 7) is 3.21. The summed E-state index contributed by atoms with van der Waals surface area (Å²) in [4.78, 5) is 10.8. The van der Waals surface area contributed by atoms with Crippen LogP contribution in [-0.4, -0.2) is 26.4 Å². The van der Waals surface area contributed by atoms with Crippen LogP contribution in [0.2, 0.25) is 5.02 Å². The van der Waals surface area contributed by atoms with Crippen LogP contribution < -0.4 is 11.1 Å². The van der Waals surface area contributed by atoms with Crippen LogP contribution in [-0.2, 0) is 17.9 Å². The average molecular weight is 326 g/mol. The number of carbonyl (C=O) groups excluding carboxylic acids is 1. The zero-order valence-electron chi connectivity index (χ0n) is 11.5. The molecule has 0 spiro atoms. The third-order valence-electron chi connectivity index (χ3n) is 2.76. The molecule has 1 amide bonds. The first-order chi connectivity index (χ1) is 10.1. The molecule has 0 saturated heterocycles. The number of nitrogens with two attached hydrogens (primary N) is 1. The van der Waals surface area contributed by atoms with Crippen LogP contribution in [0.4, 0.5) is 5.69 Å². The number of amides is 1. The average Bonchev–Trinajstić information content (AvgIpc) is 2.86. The van der Waals surface area contributed by atoms with Gasteiger partial charge in [-0.15, -0.1) is 10.2 Å². The number of rotatable bonds is 7. The molecule has 0 radical (unpaired) electrons. The highest BCUT2D eigenvalue weighted by molar-refractivity contribution is 7.99. The normalized spacial score (nSPS) is 10.6. The van der Waals surface area contributed by atoms with Crippen LogP contribution in [0.3, 0.4) is 0 Å². The zero-order valence-corrected chi connectivity index (χ0v) is 13.1. The topological polar surface area (TPSA) is 85.8 Å². The number of carbonyl (C=O) groups is 1. The Kier molecular flexibility index (Phi) is 5.46. The van der Waals surface area contributed by atoms with Crippen molar-refractivity contribution in [2.24, 2.45) is 5.73 Å². The molecule has 0 fully saturated rings. The molecule has 0 aliphatic heterocycles. The molecule has 1 aromatic carbocycles. The summed E-state index contributed by atoms with van der Waals surface area (Å²) >= 11 is 7.38. The lowest BCUT2D eigenvalue weighted by Gasteiger charge is -2.09. The number of benzene rings is 1.